The minimum absolute atomic E-state index is 0.891. The predicted molar refractivity (Wildman–Crippen MR) is 231 cm³/mol. The molecule has 3 heterocycles. The Morgan fingerprint density at radius 2 is 0.836 bits per heavy atom. The van der Waals surface area contributed by atoms with Crippen LogP contribution < -0.4 is 0 Å². The van der Waals surface area contributed by atoms with Gasteiger partial charge in [0.1, 0.15) is 11.2 Å². The van der Waals surface area contributed by atoms with Crippen molar-refractivity contribution in [1.82, 2.24) is 9.13 Å². The molecule has 0 N–H and O–H groups in total. The molecule has 0 fully saturated rings. The van der Waals surface area contributed by atoms with E-state index in [2.05, 4.69) is 191 Å². The first-order valence-corrected chi connectivity index (χ1v) is 18.8. The quantitative estimate of drug-likeness (QED) is 0.179. The van der Waals surface area contributed by atoms with Crippen molar-refractivity contribution in [2.45, 2.75) is 0 Å². The maximum Gasteiger partial charge on any atom is 0.137 e. The number of furan rings is 1. The average molecular weight is 701 g/mol. The summed E-state index contributed by atoms with van der Waals surface area (Å²) in [6.45, 7) is 0. The summed E-state index contributed by atoms with van der Waals surface area (Å²) >= 11 is 0. The number of nitrogens with zero attached hydrogens (tertiary/aromatic N) is 2. The van der Waals surface area contributed by atoms with Gasteiger partial charge in [-0.15, -0.1) is 0 Å². The molecule has 3 heteroatoms. The summed E-state index contributed by atoms with van der Waals surface area (Å²) in [7, 11) is 0. The highest BCUT2D eigenvalue weighted by atomic mass is 16.3. The van der Waals surface area contributed by atoms with E-state index in [0.29, 0.717) is 0 Å². The van der Waals surface area contributed by atoms with Gasteiger partial charge in [-0.25, -0.2) is 0 Å². The Balaban J connectivity index is 1.09. The molecule has 0 radical (unpaired) electrons. The zero-order valence-corrected chi connectivity index (χ0v) is 29.8. The fourth-order valence-corrected chi connectivity index (χ4v) is 8.95. The lowest BCUT2D eigenvalue weighted by molar-refractivity contribution is 0.668. The van der Waals surface area contributed by atoms with E-state index in [0.717, 1.165) is 44.3 Å². The maximum atomic E-state index is 6.37. The van der Waals surface area contributed by atoms with Crippen LogP contribution in [-0.4, -0.2) is 9.13 Å². The van der Waals surface area contributed by atoms with Crippen LogP contribution in [0.4, 0.5) is 0 Å². The molecule has 0 spiro atoms. The van der Waals surface area contributed by atoms with Crippen LogP contribution >= 0.6 is 0 Å². The molecule has 0 atom stereocenters. The van der Waals surface area contributed by atoms with Crippen molar-refractivity contribution in [1.29, 1.82) is 0 Å². The van der Waals surface area contributed by atoms with E-state index >= 15 is 0 Å². The lowest BCUT2D eigenvalue weighted by atomic mass is 9.99. The number of rotatable bonds is 4. The van der Waals surface area contributed by atoms with Gasteiger partial charge in [-0.05, 0) is 94.4 Å². The maximum absolute atomic E-state index is 6.37. The third-order valence-electron chi connectivity index (χ3n) is 11.5. The van der Waals surface area contributed by atoms with Crippen LogP contribution in [-0.2, 0) is 0 Å². The lowest BCUT2D eigenvalue weighted by Gasteiger charge is -2.10. The van der Waals surface area contributed by atoms with Gasteiger partial charge >= 0.3 is 0 Å². The number of hydrogen-bond acceptors (Lipinski definition) is 1. The molecule has 0 saturated heterocycles. The first kappa shape index (κ1) is 30.1. The normalized spacial score (nSPS) is 12.0. The van der Waals surface area contributed by atoms with Gasteiger partial charge in [-0.1, -0.05) is 121 Å². The minimum Gasteiger partial charge on any atom is -0.456 e. The highest BCUT2D eigenvalue weighted by molar-refractivity contribution is 6.19. The molecule has 0 bridgehead atoms. The Bertz CT molecular complexity index is 3470. The summed E-state index contributed by atoms with van der Waals surface area (Å²) < 4.78 is 11.2. The van der Waals surface area contributed by atoms with Crippen LogP contribution in [0, 0.1) is 0 Å². The van der Waals surface area contributed by atoms with Crippen molar-refractivity contribution in [3.63, 3.8) is 0 Å². The van der Waals surface area contributed by atoms with Gasteiger partial charge in [-0.2, -0.15) is 0 Å². The molecule has 0 amide bonds. The van der Waals surface area contributed by atoms with Crippen LogP contribution in [0.3, 0.4) is 0 Å². The van der Waals surface area contributed by atoms with Gasteiger partial charge in [0.05, 0.1) is 22.1 Å². The molecule has 3 aromatic heterocycles. The van der Waals surface area contributed by atoms with E-state index in [1.54, 1.807) is 0 Å². The Hall–Kier alpha value is -7.36. The van der Waals surface area contributed by atoms with Crippen molar-refractivity contribution < 1.29 is 4.42 Å². The fraction of sp³-hybridized carbons (Fsp3) is 0. The molecule has 0 unspecified atom stereocenters. The first-order valence-electron chi connectivity index (χ1n) is 18.8. The van der Waals surface area contributed by atoms with E-state index in [-0.39, 0.29) is 0 Å². The molecule has 55 heavy (non-hydrogen) atoms. The van der Waals surface area contributed by atoms with Gasteiger partial charge in [0.2, 0.25) is 0 Å². The molecular formula is C52H32N2O. The number of fused-ring (bicyclic) bond motifs is 11. The predicted octanol–water partition coefficient (Wildman–Crippen LogP) is 14.3. The Morgan fingerprint density at radius 1 is 0.291 bits per heavy atom. The second-order valence-corrected chi connectivity index (χ2v) is 14.5. The van der Waals surface area contributed by atoms with Gasteiger partial charge < -0.3 is 13.6 Å². The van der Waals surface area contributed by atoms with E-state index in [4.69, 9.17) is 4.42 Å². The molecular weight excluding hydrogens is 669 g/mol. The molecule has 12 aromatic rings. The number of benzene rings is 9. The van der Waals surface area contributed by atoms with Crippen molar-refractivity contribution in [2.24, 2.45) is 0 Å². The van der Waals surface area contributed by atoms with Crippen LogP contribution in [0.15, 0.2) is 199 Å². The number of para-hydroxylation sites is 2. The Morgan fingerprint density at radius 3 is 1.56 bits per heavy atom. The standard InChI is InChI=1S/C52H32N2O/c1-3-11-33(12-4-1)35-20-26-47-45(29-35)46-31-37(21-27-48(46)53(47)39-23-25-42-41-17-9-10-18-50(41)55-51(42)32-39)36-22-28-49-44(30-36)43-24-19-34-13-7-8-16-40(34)52(43)54(49)38-14-5-2-6-15-38/h1-32H. The highest BCUT2D eigenvalue weighted by Gasteiger charge is 2.19. The van der Waals surface area contributed by atoms with E-state index in [1.807, 2.05) is 12.1 Å². The number of aromatic nitrogens is 2. The second-order valence-electron chi connectivity index (χ2n) is 14.5. The fourth-order valence-electron chi connectivity index (χ4n) is 8.95. The van der Waals surface area contributed by atoms with Gasteiger partial charge in [0.25, 0.3) is 0 Å². The summed E-state index contributed by atoms with van der Waals surface area (Å²) in [4.78, 5) is 0. The topological polar surface area (TPSA) is 23.0 Å². The Labute approximate surface area is 316 Å². The summed E-state index contributed by atoms with van der Waals surface area (Å²) in [5.41, 5.74) is 13.6. The third kappa shape index (κ3) is 4.50. The Kier molecular flexibility index (Phi) is 6.34. The van der Waals surface area contributed by atoms with Gasteiger partial charge in [0, 0.05) is 55.1 Å². The molecule has 0 saturated carbocycles. The lowest BCUT2D eigenvalue weighted by Crippen LogP contribution is -1.94. The second kappa shape index (κ2) is 11.6. The van der Waals surface area contributed by atoms with E-state index < -0.39 is 0 Å². The minimum atomic E-state index is 0.891. The molecule has 0 aliphatic carbocycles. The molecule has 0 aliphatic rings. The van der Waals surface area contributed by atoms with Crippen molar-refractivity contribution in [3.05, 3.63) is 194 Å². The van der Waals surface area contributed by atoms with E-state index in [1.165, 1.54) is 65.6 Å². The van der Waals surface area contributed by atoms with E-state index in [9.17, 15) is 0 Å². The molecule has 12 rings (SSSR count). The zero-order chi connectivity index (χ0) is 36.0. The zero-order valence-electron chi connectivity index (χ0n) is 29.8. The van der Waals surface area contributed by atoms with Crippen LogP contribution in [0.25, 0.3) is 110 Å². The molecule has 256 valence electrons. The SMILES string of the molecule is c1ccc(-c2ccc3c(c2)c2cc(-c4ccc5c(c4)c4ccc6ccccc6c4n5-c4ccccc4)ccc2n3-c2ccc3c(c2)oc2ccccc23)cc1. The monoisotopic (exact) mass is 700 g/mol. The molecule has 9 aromatic carbocycles. The summed E-state index contributed by atoms with van der Waals surface area (Å²) in [6, 6.07) is 70.4. The highest BCUT2D eigenvalue weighted by Crippen LogP contribution is 2.41. The van der Waals surface area contributed by atoms with Gasteiger partial charge in [0.15, 0.2) is 0 Å². The van der Waals surface area contributed by atoms with Crippen molar-refractivity contribution in [2.75, 3.05) is 0 Å². The summed E-state index contributed by atoms with van der Waals surface area (Å²) in [5.74, 6) is 0. The number of hydrogen-bond donors (Lipinski definition) is 0. The van der Waals surface area contributed by atoms with Crippen LogP contribution in [0.2, 0.25) is 0 Å². The van der Waals surface area contributed by atoms with Crippen molar-refractivity contribution in [3.8, 4) is 33.6 Å². The smallest absolute Gasteiger partial charge is 0.137 e. The average Bonchev–Trinajstić information content (AvgIpc) is 3.91. The van der Waals surface area contributed by atoms with Crippen molar-refractivity contribution >= 4 is 76.3 Å². The molecule has 3 nitrogen and oxygen atoms in total. The largest absolute Gasteiger partial charge is 0.456 e. The van der Waals surface area contributed by atoms with Crippen LogP contribution in [0.5, 0.6) is 0 Å². The summed E-state index contributed by atoms with van der Waals surface area (Å²) in [5, 5.41) is 9.70. The van der Waals surface area contributed by atoms with Crippen LogP contribution in [0.1, 0.15) is 0 Å². The first-order chi connectivity index (χ1) is 27.3. The summed E-state index contributed by atoms with van der Waals surface area (Å²) in [6.07, 6.45) is 0. The third-order valence-corrected chi connectivity index (χ3v) is 11.5. The van der Waals surface area contributed by atoms with Gasteiger partial charge in [-0.3, -0.25) is 0 Å². The molecule has 0 aliphatic heterocycles.